The van der Waals surface area contributed by atoms with Crippen molar-refractivity contribution in [1.82, 2.24) is 9.88 Å². The van der Waals surface area contributed by atoms with Gasteiger partial charge in [0.1, 0.15) is 16.5 Å². The van der Waals surface area contributed by atoms with Crippen molar-refractivity contribution in [3.8, 4) is 16.3 Å². The van der Waals surface area contributed by atoms with E-state index in [1.165, 1.54) is 11.3 Å². The van der Waals surface area contributed by atoms with E-state index >= 15 is 0 Å². The minimum atomic E-state index is -0.0862. The maximum atomic E-state index is 12.6. The molecule has 0 N–H and O–H groups in total. The number of amides is 1. The third-order valence-corrected chi connectivity index (χ3v) is 5.91. The number of ether oxygens (including phenoxy) is 1. The Bertz CT molecular complexity index is 860. The van der Waals surface area contributed by atoms with E-state index < -0.39 is 0 Å². The normalized spacial score (nSPS) is 10.6. The van der Waals surface area contributed by atoms with Crippen LogP contribution in [-0.2, 0) is 6.54 Å². The van der Waals surface area contributed by atoms with E-state index in [2.05, 4.69) is 20.9 Å². The lowest BCUT2D eigenvalue weighted by Crippen LogP contribution is -2.26. The third kappa shape index (κ3) is 3.68. The molecule has 124 valence electrons. The van der Waals surface area contributed by atoms with Crippen molar-refractivity contribution in [2.24, 2.45) is 0 Å². The number of para-hydroxylation sites is 1. The molecule has 0 saturated heterocycles. The van der Waals surface area contributed by atoms with Gasteiger partial charge in [-0.2, -0.15) is 0 Å². The first-order valence-electron chi connectivity index (χ1n) is 7.17. The van der Waals surface area contributed by atoms with Gasteiger partial charge in [-0.1, -0.05) is 12.1 Å². The molecule has 4 nitrogen and oxygen atoms in total. The molecule has 7 heteroatoms. The second kappa shape index (κ2) is 7.46. The van der Waals surface area contributed by atoms with Crippen molar-refractivity contribution < 1.29 is 9.53 Å². The number of halogens is 1. The average molecular weight is 423 g/mol. The summed E-state index contributed by atoms with van der Waals surface area (Å²) in [5, 5.41) is 2.58. The summed E-state index contributed by atoms with van der Waals surface area (Å²) < 4.78 is 6.43. The zero-order valence-electron chi connectivity index (χ0n) is 13.2. The Hall–Kier alpha value is -1.70. The first-order valence-corrected chi connectivity index (χ1v) is 9.66. The van der Waals surface area contributed by atoms with Crippen LogP contribution in [0.4, 0.5) is 0 Å². The Morgan fingerprint density at radius 3 is 2.79 bits per heavy atom. The van der Waals surface area contributed by atoms with Gasteiger partial charge in [-0.05, 0) is 40.2 Å². The van der Waals surface area contributed by atoms with Crippen LogP contribution in [0, 0.1) is 0 Å². The molecule has 1 aromatic carbocycles. The SMILES string of the molecule is COc1ccccc1-c1nc(C(=O)N(C)Cc2ccc(Br)s2)cs1. The lowest BCUT2D eigenvalue weighted by atomic mass is 10.2. The minimum Gasteiger partial charge on any atom is -0.496 e. The molecule has 0 bridgehead atoms. The predicted octanol–water partition coefficient (Wildman–Crippen LogP) is 4.91. The zero-order valence-corrected chi connectivity index (χ0v) is 16.4. The van der Waals surface area contributed by atoms with Crippen molar-refractivity contribution in [2.45, 2.75) is 6.54 Å². The number of methoxy groups -OCH3 is 1. The van der Waals surface area contributed by atoms with E-state index in [1.54, 1.807) is 35.8 Å². The Morgan fingerprint density at radius 1 is 1.29 bits per heavy atom. The highest BCUT2D eigenvalue weighted by molar-refractivity contribution is 9.11. The lowest BCUT2D eigenvalue weighted by Gasteiger charge is -2.14. The quantitative estimate of drug-likeness (QED) is 0.586. The summed E-state index contributed by atoms with van der Waals surface area (Å²) in [4.78, 5) is 19.9. The fourth-order valence-corrected chi connectivity index (χ4v) is 4.62. The Kier molecular flexibility index (Phi) is 5.33. The highest BCUT2D eigenvalue weighted by Gasteiger charge is 2.18. The van der Waals surface area contributed by atoms with Gasteiger partial charge in [-0.3, -0.25) is 4.79 Å². The number of rotatable bonds is 5. The van der Waals surface area contributed by atoms with Crippen LogP contribution in [0.25, 0.3) is 10.6 Å². The second-order valence-electron chi connectivity index (χ2n) is 5.11. The van der Waals surface area contributed by atoms with Crippen LogP contribution < -0.4 is 4.74 Å². The van der Waals surface area contributed by atoms with Crippen LogP contribution in [0.3, 0.4) is 0 Å². The standard InChI is InChI=1S/C17H15BrN2O2S2/c1-20(9-11-7-8-15(18)24-11)17(21)13-10-23-16(19-13)12-5-3-4-6-14(12)22-2/h3-8,10H,9H2,1-2H3. The number of carbonyl (C=O) groups excluding carboxylic acids is 1. The zero-order chi connectivity index (χ0) is 17.1. The Labute approximate surface area is 156 Å². The molecule has 0 unspecified atom stereocenters. The molecule has 0 radical (unpaired) electrons. The molecule has 0 atom stereocenters. The Balaban J connectivity index is 1.78. The smallest absolute Gasteiger partial charge is 0.273 e. The van der Waals surface area contributed by atoms with Crippen molar-refractivity contribution >= 4 is 44.5 Å². The molecule has 0 fully saturated rings. The maximum absolute atomic E-state index is 12.6. The van der Waals surface area contributed by atoms with Crippen molar-refractivity contribution in [3.05, 3.63) is 56.1 Å². The average Bonchev–Trinajstić information content (AvgIpc) is 3.23. The van der Waals surface area contributed by atoms with E-state index in [1.807, 2.05) is 36.4 Å². The summed E-state index contributed by atoms with van der Waals surface area (Å²) in [5.74, 6) is 0.666. The van der Waals surface area contributed by atoms with E-state index in [0.717, 1.165) is 25.0 Å². The third-order valence-electron chi connectivity index (χ3n) is 3.43. The predicted molar refractivity (Wildman–Crippen MR) is 102 cm³/mol. The molecule has 0 aliphatic rings. The van der Waals surface area contributed by atoms with Crippen molar-refractivity contribution in [1.29, 1.82) is 0 Å². The molecule has 2 heterocycles. The molecule has 1 amide bonds. The fourth-order valence-electron chi connectivity index (χ4n) is 2.25. The number of thiophene rings is 1. The van der Waals surface area contributed by atoms with Crippen LogP contribution in [0.2, 0.25) is 0 Å². The highest BCUT2D eigenvalue weighted by Crippen LogP contribution is 2.32. The summed E-state index contributed by atoms with van der Waals surface area (Å²) in [5.41, 5.74) is 1.35. The molecule has 0 spiro atoms. The van der Waals surface area contributed by atoms with Crippen LogP contribution >= 0.6 is 38.6 Å². The number of carbonyl (C=O) groups is 1. The maximum Gasteiger partial charge on any atom is 0.273 e. The number of nitrogens with zero attached hydrogens (tertiary/aromatic N) is 2. The molecular weight excluding hydrogens is 408 g/mol. The number of hydrogen-bond acceptors (Lipinski definition) is 5. The first-order chi connectivity index (χ1) is 11.6. The van der Waals surface area contributed by atoms with Gasteiger partial charge >= 0.3 is 0 Å². The van der Waals surface area contributed by atoms with E-state index in [-0.39, 0.29) is 5.91 Å². The largest absolute Gasteiger partial charge is 0.496 e. The topological polar surface area (TPSA) is 42.4 Å². The van der Waals surface area contributed by atoms with Crippen molar-refractivity contribution in [3.63, 3.8) is 0 Å². The number of benzene rings is 1. The molecule has 3 aromatic rings. The van der Waals surface area contributed by atoms with Gasteiger partial charge in [0, 0.05) is 17.3 Å². The summed E-state index contributed by atoms with van der Waals surface area (Å²) in [6.07, 6.45) is 0. The molecular formula is C17H15BrN2O2S2. The van der Waals surface area contributed by atoms with Crippen LogP contribution in [0.5, 0.6) is 5.75 Å². The molecule has 0 aliphatic carbocycles. The summed E-state index contributed by atoms with van der Waals surface area (Å²) >= 11 is 6.51. The minimum absolute atomic E-state index is 0.0862. The van der Waals surface area contributed by atoms with Gasteiger partial charge < -0.3 is 9.64 Å². The monoisotopic (exact) mass is 422 g/mol. The first kappa shape index (κ1) is 17.1. The highest BCUT2D eigenvalue weighted by atomic mass is 79.9. The fraction of sp³-hybridized carbons (Fsp3) is 0.176. The van der Waals surface area contributed by atoms with Crippen LogP contribution in [0.1, 0.15) is 15.4 Å². The number of thiazole rings is 1. The number of aromatic nitrogens is 1. The van der Waals surface area contributed by atoms with Crippen LogP contribution in [-0.4, -0.2) is 29.9 Å². The molecule has 24 heavy (non-hydrogen) atoms. The van der Waals surface area contributed by atoms with E-state index in [0.29, 0.717) is 12.2 Å². The summed E-state index contributed by atoms with van der Waals surface area (Å²) in [7, 11) is 3.42. The van der Waals surface area contributed by atoms with Gasteiger partial charge in [0.25, 0.3) is 5.91 Å². The van der Waals surface area contributed by atoms with E-state index in [9.17, 15) is 4.79 Å². The molecule has 0 saturated carbocycles. The lowest BCUT2D eigenvalue weighted by molar-refractivity contribution is 0.0781. The van der Waals surface area contributed by atoms with Gasteiger partial charge in [-0.15, -0.1) is 22.7 Å². The second-order valence-corrected chi connectivity index (χ2v) is 8.51. The number of hydrogen-bond donors (Lipinski definition) is 0. The summed E-state index contributed by atoms with van der Waals surface area (Å²) in [6, 6.07) is 11.7. The van der Waals surface area contributed by atoms with Crippen molar-refractivity contribution in [2.75, 3.05) is 14.2 Å². The molecule has 2 aromatic heterocycles. The Morgan fingerprint density at radius 2 is 2.08 bits per heavy atom. The van der Waals surface area contributed by atoms with Gasteiger partial charge in [0.2, 0.25) is 0 Å². The summed E-state index contributed by atoms with van der Waals surface area (Å²) in [6.45, 7) is 0.566. The van der Waals surface area contributed by atoms with E-state index in [4.69, 9.17) is 4.74 Å². The molecule has 0 aliphatic heterocycles. The molecule has 3 rings (SSSR count). The van der Waals surface area contributed by atoms with Gasteiger partial charge in [0.15, 0.2) is 0 Å². The van der Waals surface area contributed by atoms with Crippen LogP contribution in [0.15, 0.2) is 45.6 Å². The van der Waals surface area contributed by atoms with Gasteiger partial charge in [-0.25, -0.2) is 4.98 Å². The van der Waals surface area contributed by atoms with Gasteiger partial charge in [0.05, 0.1) is 23.0 Å².